The van der Waals surface area contributed by atoms with Gasteiger partial charge in [0.05, 0.1) is 23.4 Å². The van der Waals surface area contributed by atoms with E-state index in [1.807, 2.05) is 13.8 Å². The van der Waals surface area contributed by atoms with E-state index in [4.69, 9.17) is 37.1 Å². The summed E-state index contributed by atoms with van der Waals surface area (Å²) in [6.07, 6.45) is 0.822. The number of hydrazone groups is 1. The number of carbonyl (C=O) groups excluding carboxylic acids is 3. The van der Waals surface area contributed by atoms with Crippen molar-refractivity contribution < 1.29 is 28.3 Å². The number of rotatable bonds is 12. The zero-order valence-electron chi connectivity index (χ0n) is 22.6. The highest BCUT2D eigenvalue weighted by atomic mass is 35.5. The Bertz CT molecular complexity index is 1350. The summed E-state index contributed by atoms with van der Waals surface area (Å²) in [5.41, 5.74) is 3.66. The Morgan fingerprint density at radius 3 is 2.38 bits per heavy atom. The van der Waals surface area contributed by atoms with Crippen LogP contribution in [0, 0.1) is 5.92 Å². The molecule has 11 heteroatoms. The molecule has 0 bridgehead atoms. The van der Waals surface area contributed by atoms with Crippen LogP contribution in [-0.2, 0) is 14.3 Å². The minimum absolute atomic E-state index is 0.116. The maximum Gasteiger partial charge on any atom is 0.338 e. The van der Waals surface area contributed by atoms with Crippen molar-refractivity contribution in [1.82, 2.24) is 10.7 Å². The van der Waals surface area contributed by atoms with E-state index < -0.39 is 29.9 Å². The standard InChI is InChI=1S/C29H31Cl2N3O6/c1-5-38-29(37)20-8-6-19(7-9-20)25-13-11-22(40-25)16-32-34-28(36)24(14-17(2)3)33-27(35)18(4)39-26-12-10-21(30)15-23(26)31/h6-13,15-18,24H,5,14H2,1-4H3,(H,33,35)(H,34,36)/b32-16-/t18-,24-/m1/s1. The van der Waals surface area contributed by atoms with E-state index in [9.17, 15) is 14.4 Å². The molecule has 0 unspecified atom stereocenters. The Labute approximate surface area is 242 Å². The van der Waals surface area contributed by atoms with Crippen molar-refractivity contribution in [3.05, 3.63) is 76.0 Å². The first-order valence-electron chi connectivity index (χ1n) is 12.7. The average molecular weight is 588 g/mol. The van der Waals surface area contributed by atoms with Gasteiger partial charge in [0.15, 0.2) is 6.10 Å². The Morgan fingerprint density at radius 1 is 1.00 bits per heavy atom. The van der Waals surface area contributed by atoms with Crippen LogP contribution < -0.4 is 15.5 Å². The third kappa shape index (κ3) is 8.86. The van der Waals surface area contributed by atoms with Gasteiger partial charge in [-0.3, -0.25) is 9.59 Å². The molecule has 2 atom stereocenters. The maximum atomic E-state index is 12.9. The van der Waals surface area contributed by atoms with Gasteiger partial charge in [0.2, 0.25) is 0 Å². The predicted molar refractivity (Wildman–Crippen MR) is 154 cm³/mol. The van der Waals surface area contributed by atoms with Crippen LogP contribution in [0.25, 0.3) is 11.3 Å². The lowest BCUT2D eigenvalue weighted by Crippen LogP contribution is -2.49. The van der Waals surface area contributed by atoms with Gasteiger partial charge in [-0.15, -0.1) is 0 Å². The average Bonchev–Trinajstić information content (AvgIpc) is 3.38. The van der Waals surface area contributed by atoms with Crippen molar-refractivity contribution in [2.75, 3.05) is 6.61 Å². The number of carbonyl (C=O) groups is 3. The van der Waals surface area contributed by atoms with E-state index in [1.165, 1.54) is 12.3 Å². The minimum atomic E-state index is -0.919. The summed E-state index contributed by atoms with van der Waals surface area (Å²) in [7, 11) is 0. The third-order valence-electron chi connectivity index (χ3n) is 5.58. The maximum absolute atomic E-state index is 12.9. The van der Waals surface area contributed by atoms with E-state index in [1.54, 1.807) is 62.4 Å². The molecule has 0 radical (unpaired) electrons. The van der Waals surface area contributed by atoms with Crippen LogP contribution in [0.15, 0.2) is 64.1 Å². The van der Waals surface area contributed by atoms with Crippen LogP contribution in [0.4, 0.5) is 0 Å². The van der Waals surface area contributed by atoms with Crippen molar-refractivity contribution in [2.45, 2.75) is 46.3 Å². The second kappa shape index (κ2) is 14.5. The SMILES string of the molecule is CCOC(=O)c1ccc(-c2ccc(/C=N\NC(=O)[C@@H](CC(C)C)NC(=O)[C@@H](C)Oc3ccc(Cl)cc3Cl)o2)cc1. The van der Waals surface area contributed by atoms with Gasteiger partial charge in [0, 0.05) is 10.6 Å². The normalized spacial score (nSPS) is 12.7. The van der Waals surface area contributed by atoms with Gasteiger partial charge in [-0.25, -0.2) is 10.2 Å². The van der Waals surface area contributed by atoms with Gasteiger partial charge in [-0.2, -0.15) is 5.10 Å². The topological polar surface area (TPSA) is 119 Å². The van der Waals surface area contributed by atoms with Gasteiger partial charge in [-0.05, 0) is 68.7 Å². The first-order valence-corrected chi connectivity index (χ1v) is 13.4. The second-order valence-corrected chi connectivity index (χ2v) is 10.1. The lowest BCUT2D eigenvalue weighted by molar-refractivity contribution is -0.132. The first-order chi connectivity index (χ1) is 19.1. The molecule has 1 aromatic heterocycles. The second-order valence-electron chi connectivity index (χ2n) is 9.26. The molecule has 0 aliphatic heterocycles. The van der Waals surface area contributed by atoms with Crippen LogP contribution in [0.1, 0.15) is 50.2 Å². The van der Waals surface area contributed by atoms with Gasteiger partial charge in [-0.1, -0.05) is 49.2 Å². The van der Waals surface area contributed by atoms with Crippen molar-refractivity contribution in [1.29, 1.82) is 0 Å². The lowest BCUT2D eigenvalue weighted by Gasteiger charge is -2.22. The van der Waals surface area contributed by atoms with Crippen molar-refractivity contribution >= 4 is 47.2 Å². The molecule has 3 aromatic rings. The Morgan fingerprint density at radius 2 is 1.73 bits per heavy atom. The van der Waals surface area contributed by atoms with Crippen LogP contribution in [0.5, 0.6) is 5.75 Å². The summed E-state index contributed by atoms with van der Waals surface area (Å²) in [5.74, 6) is 0.00787. The van der Waals surface area contributed by atoms with Crippen LogP contribution in [0.3, 0.4) is 0 Å². The van der Waals surface area contributed by atoms with E-state index in [0.29, 0.717) is 40.9 Å². The molecule has 3 rings (SSSR count). The van der Waals surface area contributed by atoms with Gasteiger partial charge >= 0.3 is 5.97 Å². The fraction of sp³-hybridized carbons (Fsp3) is 0.310. The molecule has 2 N–H and O–H groups in total. The number of nitrogens with zero attached hydrogens (tertiary/aromatic N) is 1. The van der Waals surface area contributed by atoms with Crippen molar-refractivity contribution in [2.24, 2.45) is 11.0 Å². The van der Waals surface area contributed by atoms with Crippen LogP contribution in [0.2, 0.25) is 10.0 Å². The molecule has 2 amide bonds. The Kier molecular flexibility index (Phi) is 11.2. The van der Waals surface area contributed by atoms with E-state index in [2.05, 4.69) is 15.8 Å². The number of nitrogens with one attached hydrogen (secondary N) is 2. The van der Waals surface area contributed by atoms with Gasteiger partial charge < -0.3 is 19.2 Å². The molecule has 212 valence electrons. The monoisotopic (exact) mass is 587 g/mol. The van der Waals surface area contributed by atoms with Crippen molar-refractivity contribution in [3.8, 4) is 17.1 Å². The quantitative estimate of drug-likeness (QED) is 0.155. The molecule has 0 aliphatic carbocycles. The number of furan rings is 1. The van der Waals surface area contributed by atoms with Crippen LogP contribution in [-0.4, -0.2) is 42.8 Å². The van der Waals surface area contributed by atoms with Gasteiger partial charge in [0.1, 0.15) is 23.3 Å². The summed E-state index contributed by atoms with van der Waals surface area (Å²) in [6.45, 7) is 7.48. The highest BCUT2D eigenvalue weighted by Gasteiger charge is 2.25. The number of amides is 2. The summed E-state index contributed by atoms with van der Waals surface area (Å²) in [5, 5.41) is 7.42. The van der Waals surface area contributed by atoms with E-state index in [0.717, 1.165) is 5.56 Å². The predicted octanol–water partition coefficient (Wildman–Crippen LogP) is 5.88. The smallest absolute Gasteiger partial charge is 0.338 e. The number of hydrogen-bond acceptors (Lipinski definition) is 7. The molecule has 0 spiro atoms. The number of benzene rings is 2. The lowest BCUT2D eigenvalue weighted by atomic mass is 10.0. The molecule has 0 aliphatic rings. The summed E-state index contributed by atoms with van der Waals surface area (Å²) in [4.78, 5) is 37.5. The zero-order chi connectivity index (χ0) is 29.2. The van der Waals surface area contributed by atoms with Crippen LogP contribution >= 0.6 is 23.2 Å². The molecular weight excluding hydrogens is 557 g/mol. The van der Waals surface area contributed by atoms with Gasteiger partial charge in [0.25, 0.3) is 11.8 Å². The first kappa shape index (κ1) is 30.7. The molecular formula is C29H31Cl2N3O6. The summed E-state index contributed by atoms with van der Waals surface area (Å²) in [6, 6.07) is 14.1. The Balaban J connectivity index is 1.59. The fourth-order valence-electron chi connectivity index (χ4n) is 3.61. The Hall–Kier alpha value is -3.82. The third-order valence-corrected chi connectivity index (χ3v) is 6.11. The highest BCUT2D eigenvalue weighted by Crippen LogP contribution is 2.28. The minimum Gasteiger partial charge on any atom is -0.479 e. The summed E-state index contributed by atoms with van der Waals surface area (Å²) < 4.78 is 16.4. The molecule has 0 saturated heterocycles. The molecule has 0 saturated carbocycles. The molecule has 9 nitrogen and oxygen atoms in total. The fourth-order valence-corrected chi connectivity index (χ4v) is 4.06. The van der Waals surface area contributed by atoms with Crippen molar-refractivity contribution in [3.63, 3.8) is 0 Å². The largest absolute Gasteiger partial charge is 0.479 e. The zero-order valence-corrected chi connectivity index (χ0v) is 24.1. The summed E-state index contributed by atoms with van der Waals surface area (Å²) >= 11 is 12.0. The van der Waals surface area contributed by atoms with E-state index in [-0.39, 0.29) is 10.9 Å². The number of halogens is 2. The number of ether oxygens (including phenoxy) is 2. The van der Waals surface area contributed by atoms with E-state index >= 15 is 0 Å². The molecule has 1 heterocycles. The molecule has 2 aromatic carbocycles. The molecule has 0 fully saturated rings. The highest BCUT2D eigenvalue weighted by molar-refractivity contribution is 6.35. The number of esters is 1. The number of hydrogen-bond donors (Lipinski definition) is 2. The molecule has 40 heavy (non-hydrogen) atoms.